The first-order valence-corrected chi connectivity index (χ1v) is 6.81. The van der Waals surface area contributed by atoms with E-state index in [1.807, 2.05) is 18.2 Å². The molecule has 0 aliphatic rings. The van der Waals surface area contributed by atoms with Gasteiger partial charge in [0.1, 0.15) is 10.8 Å². The normalized spacial score (nSPS) is 10.5. The third-order valence-electron chi connectivity index (χ3n) is 2.52. The van der Waals surface area contributed by atoms with Gasteiger partial charge in [-0.15, -0.1) is 0 Å². The number of benzene rings is 1. The Kier molecular flexibility index (Phi) is 4.50. The van der Waals surface area contributed by atoms with Crippen molar-refractivity contribution in [3.05, 3.63) is 54.8 Å². The van der Waals surface area contributed by atoms with Crippen LogP contribution < -0.4 is 10.3 Å². The second kappa shape index (κ2) is 5.94. The summed E-state index contributed by atoms with van der Waals surface area (Å²) < 4.78 is 7.24. The van der Waals surface area contributed by atoms with E-state index in [0.29, 0.717) is 5.75 Å². The highest BCUT2D eigenvalue weighted by molar-refractivity contribution is 9.10. The van der Waals surface area contributed by atoms with Gasteiger partial charge in [0.15, 0.2) is 0 Å². The maximum Gasteiger partial charge on any atom is 0.287 e. The van der Waals surface area contributed by atoms with Crippen LogP contribution >= 0.6 is 39.1 Å². The third-order valence-corrected chi connectivity index (χ3v) is 4.04. The number of hydrogen-bond donors (Lipinski definition) is 0. The average Bonchev–Trinajstić information content (AvgIpc) is 2.41. The number of ether oxygens (including phenoxy) is 1. The van der Waals surface area contributed by atoms with E-state index in [4.69, 9.17) is 27.9 Å². The molecule has 0 saturated heterocycles. The first kappa shape index (κ1) is 14.4. The maximum atomic E-state index is 11.9. The monoisotopic (exact) mass is 362 g/mol. The summed E-state index contributed by atoms with van der Waals surface area (Å²) >= 11 is 15.0. The van der Waals surface area contributed by atoms with E-state index in [1.54, 1.807) is 7.11 Å². The molecule has 0 atom stereocenters. The van der Waals surface area contributed by atoms with Crippen molar-refractivity contribution >= 4 is 39.1 Å². The summed E-state index contributed by atoms with van der Waals surface area (Å²) in [6.45, 7) is 0.271. The minimum absolute atomic E-state index is 0.0318. The predicted molar refractivity (Wildman–Crippen MR) is 78.3 cm³/mol. The van der Waals surface area contributed by atoms with Crippen molar-refractivity contribution in [2.45, 2.75) is 6.54 Å². The molecule has 0 spiro atoms. The van der Waals surface area contributed by atoms with Gasteiger partial charge in [0, 0.05) is 4.47 Å². The van der Waals surface area contributed by atoms with Crippen molar-refractivity contribution in [2.24, 2.45) is 0 Å². The van der Waals surface area contributed by atoms with Crippen molar-refractivity contribution in [2.75, 3.05) is 7.11 Å². The van der Waals surface area contributed by atoms with Crippen LogP contribution in [0.5, 0.6) is 5.75 Å². The molecule has 0 amide bonds. The summed E-state index contributed by atoms with van der Waals surface area (Å²) in [4.78, 5) is 11.9. The van der Waals surface area contributed by atoms with Crippen molar-refractivity contribution in [1.29, 1.82) is 0 Å². The van der Waals surface area contributed by atoms with Gasteiger partial charge < -0.3 is 4.74 Å². The number of aromatic nitrogens is 2. The largest absolute Gasteiger partial charge is 0.497 e. The van der Waals surface area contributed by atoms with Crippen LogP contribution in [-0.2, 0) is 6.54 Å². The highest BCUT2D eigenvalue weighted by atomic mass is 79.9. The van der Waals surface area contributed by atoms with Crippen LogP contribution in [0.25, 0.3) is 0 Å². The topological polar surface area (TPSA) is 44.1 Å². The van der Waals surface area contributed by atoms with Crippen molar-refractivity contribution in [3.8, 4) is 5.75 Å². The Hall–Kier alpha value is -1.04. The second-order valence-electron chi connectivity index (χ2n) is 3.73. The molecule has 19 heavy (non-hydrogen) atoms. The van der Waals surface area contributed by atoms with E-state index >= 15 is 0 Å². The lowest BCUT2D eigenvalue weighted by Crippen LogP contribution is -2.23. The zero-order chi connectivity index (χ0) is 14.0. The molecule has 7 heteroatoms. The van der Waals surface area contributed by atoms with Gasteiger partial charge in [-0.3, -0.25) is 4.79 Å². The van der Waals surface area contributed by atoms with E-state index in [9.17, 15) is 4.79 Å². The molecule has 4 nitrogen and oxygen atoms in total. The summed E-state index contributed by atoms with van der Waals surface area (Å²) in [5.41, 5.74) is 0.427. The Morgan fingerprint density at radius 2 is 2.16 bits per heavy atom. The van der Waals surface area contributed by atoms with Gasteiger partial charge in [-0.1, -0.05) is 39.1 Å². The quantitative estimate of drug-likeness (QED) is 0.839. The molecule has 0 bridgehead atoms. The SMILES string of the molecule is COc1ccc(Br)c(Cn2ncc(Cl)c(Cl)c2=O)c1. The Morgan fingerprint density at radius 3 is 2.84 bits per heavy atom. The summed E-state index contributed by atoms with van der Waals surface area (Å²) in [6.07, 6.45) is 1.35. The van der Waals surface area contributed by atoms with Crippen LogP contribution in [0.1, 0.15) is 5.56 Å². The Labute approximate surface area is 128 Å². The highest BCUT2D eigenvalue weighted by Gasteiger charge is 2.10. The Bertz CT molecular complexity index is 673. The number of methoxy groups -OCH3 is 1. The predicted octanol–water partition coefficient (Wildman–Crippen LogP) is 3.37. The second-order valence-corrected chi connectivity index (χ2v) is 5.37. The molecule has 0 aliphatic heterocycles. The maximum absolute atomic E-state index is 11.9. The molecule has 2 aromatic rings. The minimum atomic E-state index is -0.427. The van der Waals surface area contributed by atoms with Crippen LogP contribution in [0, 0.1) is 0 Å². The molecular formula is C12H9BrCl2N2O2. The number of halogens is 3. The summed E-state index contributed by atoms with van der Waals surface area (Å²) in [7, 11) is 1.58. The first-order valence-electron chi connectivity index (χ1n) is 5.26. The molecule has 1 aromatic carbocycles. The third kappa shape index (κ3) is 3.11. The smallest absolute Gasteiger partial charge is 0.287 e. The molecule has 2 rings (SSSR count). The molecule has 100 valence electrons. The van der Waals surface area contributed by atoms with Gasteiger partial charge in [0.2, 0.25) is 0 Å². The fourth-order valence-corrected chi connectivity index (χ4v) is 2.16. The van der Waals surface area contributed by atoms with Crippen LogP contribution in [0.4, 0.5) is 0 Å². The Morgan fingerprint density at radius 1 is 1.42 bits per heavy atom. The van der Waals surface area contributed by atoms with Gasteiger partial charge in [-0.05, 0) is 23.8 Å². The van der Waals surface area contributed by atoms with E-state index < -0.39 is 5.56 Å². The average molecular weight is 364 g/mol. The van der Waals surface area contributed by atoms with Gasteiger partial charge in [-0.25, -0.2) is 4.68 Å². The number of rotatable bonds is 3. The molecule has 1 heterocycles. The van der Waals surface area contributed by atoms with E-state index in [2.05, 4.69) is 21.0 Å². The van der Waals surface area contributed by atoms with Crippen LogP contribution in [-0.4, -0.2) is 16.9 Å². The van der Waals surface area contributed by atoms with Crippen LogP contribution in [0.3, 0.4) is 0 Å². The minimum Gasteiger partial charge on any atom is -0.497 e. The highest BCUT2D eigenvalue weighted by Crippen LogP contribution is 2.23. The van der Waals surface area contributed by atoms with Gasteiger partial charge >= 0.3 is 0 Å². The van der Waals surface area contributed by atoms with Crippen LogP contribution in [0.15, 0.2) is 33.7 Å². The lowest BCUT2D eigenvalue weighted by Gasteiger charge is -2.09. The first-order chi connectivity index (χ1) is 9.02. The van der Waals surface area contributed by atoms with Crippen LogP contribution in [0.2, 0.25) is 10.0 Å². The molecule has 0 fully saturated rings. The fraction of sp³-hybridized carbons (Fsp3) is 0.167. The molecule has 1 aromatic heterocycles. The fourth-order valence-electron chi connectivity index (χ4n) is 1.52. The van der Waals surface area contributed by atoms with Gasteiger partial charge in [-0.2, -0.15) is 5.10 Å². The molecule has 0 N–H and O–H groups in total. The molecule has 0 aliphatic carbocycles. The lowest BCUT2D eigenvalue weighted by atomic mass is 10.2. The van der Waals surface area contributed by atoms with Gasteiger partial charge in [0.05, 0.1) is 24.9 Å². The molecular weight excluding hydrogens is 355 g/mol. The summed E-state index contributed by atoms with van der Waals surface area (Å²) in [5.74, 6) is 0.700. The summed E-state index contributed by atoms with van der Waals surface area (Å²) in [5, 5.41) is 4.07. The lowest BCUT2D eigenvalue weighted by molar-refractivity contribution is 0.414. The molecule has 0 radical (unpaired) electrons. The molecule has 0 unspecified atom stereocenters. The Balaban J connectivity index is 2.42. The van der Waals surface area contributed by atoms with Crippen molar-refractivity contribution in [1.82, 2.24) is 9.78 Å². The number of nitrogens with zero attached hydrogens (tertiary/aromatic N) is 2. The van der Waals surface area contributed by atoms with E-state index in [1.165, 1.54) is 10.9 Å². The number of hydrogen-bond acceptors (Lipinski definition) is 3. The molecule has 0 saturated carbocycles. The van der Waals surface area contributed by atoms with Gasteiger partial charge in [0.25, 0.3) is 5.56 Å². The summed E-state index contributed by atoms with van der Waals surface area (Å²) in [6, 6.07) is 5.48. The zero-order valence-electron chi connectivity index (χ0n) is 9.86. The zero-order valence-corrected chi connectivity index (χ0v) is 13.0. The van der Waals surface area contributed by atoms with E-state index in [0.717, 1.165) is 10.0 Å². The van der Waals surface area contributed by atoms with Crippen molar-refractivity contribution in [3.63, 3.8) is 0 Å². The van der Waals surface area contributed by atoms with E-state index in [-0.39, 0.29) is 16.6 Å². The van der Waals surface area contributed by atoms with Crippen molar-refractivity contribution < 1.29 is 4.74 Å². The standard InChI is InChI=1S/C12H9BrCl2N2O2/c1-19-8-2-3-9(13)7(4-8)6-17-12(18)11(15)10(14)5-16-17/h2-5H,6H2,1H3.